The van der Waals surface area contributed by atoms with Gasteiger partial charge in [-0.15, -0.1) is 0 Å². The van der Waals surface area contributed by atoms with Crippen LogP contribution >= 0.6 is 0 Å². The fourth-order valence-electron chi connectivity index (χ4n) is 4.67. The van der Waals surface area contributed by atoms with Crippen LogP contribution in [-0.4, -0.2) is 47.7 Å². The Balaban J connectivity index is 1.51. The Morgan fingerprint density at radius 2 is 1.81 bits per heavy atom. The van der Waals surface area contributed by atoms with E-state index in [4.69, 9.17) is 19.6 Å². The van der Waals surface area contributed by atoms with E-state index >= 15 is 0 Å². The first-order valence-electron chi connectivity index (χ1n) is 11.2. The highest BCUT2D eigenvalue weighted by Crippen LogP contribution is 2.35. The second-order valence-electron chi connectivity index (χ2n) is 8.30. The minimum atomic E-state index is -0.0142. The van der Waals surface area contributed by atoms with Crippen LogP contribution in [-0.2, 0) is 9.47 Å². The van der Waals surface area contributed by atoms with Crippen molar-refractivity contribution < 1.29 is 9.47 Å². The van der Waals surface area contributed by atoms with Crippen LogP contribution in [0.15, 0.2) is 54.6 Å². The second kappa shape index (κ2) is 7.94. The van der Waals surface area contributed by atoms with E-state index in [2.05, 4.69) is 52.0 Å². The average Bonchev–Trinajstić information content (AvgIpc) is 3.24. The van der Waals surface area contributed by atoms with E-state index in [1.807, 2.05) is 12.1 Å². The summed E-state index contributed by atoms with van der Waals surface area (Å²) in [6.07, 6.45) is 3.27. The number of ether oxygens (including phenoxy) is 2. The van der Waals surface area contributed by atoms with Crippen molar-refractivity contribution in [1.29, 1.82) is 0 Å². The molecular formula is C25H26N4O2. The maximum atomic E-state index is 6.09. The zero-order valence-electron chi connectivity index (χ0n) is 17.5. The molecule has 0 N–H and O–H groups in total. The monoisotopic (exact) mass is 414 g/mol. The third-order valence-electron chi connectivity index (χ3n) is 6.34. The molecule has 0 spiro atoms. The molecule has 158 valence electrons. The minimum Gasteiger partial charge on any atom is -0.378 e. The Morgan fingerprint density at radius 3 is 2.68 bits per heavy atom. The highest BCUT2D eigenvalue weighted by atomic mass is 16.5. The molecule has 2 aliphatic heterocycles. The lowest BCUT2D eigenvalue weighted by atomic mass is 10.1. The van der Waals surface area contributed by atoms with Crippen LogP contribution in [0.2, 0.25) is 0 Å². The molecule has 6 nitrogen and oxygen atoms in total. The molecule has 2 aromatic carbocycles. The highest BCUT2D eigenvalue weighted by molar-refractivity contribution is 5.96. The maximum absolute atomic E-state index is 6.09. The quantitative estimate of drug-likeness (QED) is 0.483. The predicted octanol–water partition coefficient (Wildman–Crippen LogP) is 4.79. The van der Waals surface area contributed by atoms with Gasteiger partial charge in [-0.3, -0.25) is 0 Å². The number of fused-ring (bicyclic) bond motifs is 2. The van der Waals surface area contributed by atoms with Crippen molar-refractivity contribution >= 4 is 27.5 Å². The van der Waals surface area contributed by atoms with Gasteiger partial charge in [-0.1, -0.05) is 24.3 Å². The van der Waals surface area contributed by atoms with E-state index in [9.17, 15) is 0 Å². The molecule has 0 aliphatic carbocycles. The van der Waals surface area contributed by atoms with Crippen molar-refractivity contribution in [2.45, 2.75) is 25.5 Å². The van der Waals surface area contributed by atoms with Gasteiger partial charge in [0.1, 0.15) is 5.69 Å². The molecule has 1 atom stereocenters. The number of anilines is 1. The van der Waals surface area contributed by atoms with E-state index in [1.165, 1.54) is 12.1 Å². The first-order valence-corrected chi connectivity index (χ1v) is 11.2. The van der Waals surface area contributed by atoms with Crippen molar-refractivity contribution in [1.82, 2.24) is 14.8 Å². The van der Waals surface area contributed by atoms with Crippen LogP contribution in [0.5, 0.6) is 0 Å². The predicted molar refractivity (Wildman–Crippen MR) is 122 cm³/mol. The number of rotatable bonds is 3. The maximum Gasteiger partial charge on any atom is 0.150 e. The second-order valence-corrected chi connectivity index (χ2v) is 8.30. The SMILES string of the molecule is c1ccc2nc(-c3nn(C4CCCCO4)c4ccc(N5CCOCC5)cc34)ccc2c1. The van der Waals surface area contributed by atoms with Crippen LogP contribution in [0.3, 0.4) is 0 Å². The molecule has 2 fully saturated rings. The van der Waals surface area contributed by atoms with Crippen molar-refractivity contribution in [2.75, 3.05) is 37.8 Å². The summed E-state index contributed by atoms with van der Waals surface area (Å²) in [4.78, 5) is 7.33. The van der Waals surface area contributed by atoms with Crippen LogP contribution in [0.4, 0.5) is 5.69 Å². The van der Waals surface area contributed by atoms with Gasteiger partial charge in [0.15, 0.2) is 6.23 Å². The summed E-state index contributed by atoms with van der Waals surface area (Å²) in [5.41, 5.74) is 5.12. The molecule has 31 heavy (non-hydrogen) atoms. The molecule has 0 saturated carbocycles. The smallest absolute Gasteiger partial charge is 0.150 e. The Labute approximate surface area is 181 Å². The molecule has 2 saturated heterocycles. The number of hydrogen-bond acceptors (Lipinski definition) is 5. The summed E-state index contributed by atoms with van der Waals surface area (Å²) in [6.45, 7) is 4.16. The molecule has 0 radical (unpaired) electrons. The molecule has 6 rings (SSSR count). The van der Waals surface area contributed by atoms with Crippen LogP contribution in [0.1, 0.15) is 25.5 Å². The Morgan fingerprint density at radius 1 is 0.903 bits per heavy atom. The van der Waals surface area contributed by atoms with Crippen molar-refractivity contribution in [3.8, 4) is 11.4 Å². The fourth-order valence-corrected chi connectivity index (χ4v) is 4.67. The van der Waals surface area contributed by atoms with Gasteiger partial charge < -0.3 is 14.4 Å². The summed E-state index contributed by atoms with van der Waals surface area (Å²) in [5, 5.41) is 7.33. The van der Waals surface area contributed by atoms with Crippen LogP contribution in [0.25, 0.3) is 33.2 Å². The number of nitrogens with zero attached hydrogens (tertiary/aromatic N) is 4. The number of para-hydroxylation sites is 1. The molecule has 4 heterocycles. The first-order chi connectivity index (χ1) is 15.4. The van der Waals surface area contributed by atoms with Gasteiger partial charge in [0, 0.05) is 36.2 Å². The van der Waals surface area contributed by atoms with E-state index in [0.717, 1.165) is 78.9 Å². The van der Waals surface area contributed by atoms with Crippen molar-refractivity contribution in [3.05, 3.63) is 54.6 Å². The van der Waals surface area contributed by atoms with Gasteiger partial charge in [-0.05, 0) is 49.6 Å². The number of benzene rings is 2. The normalized spacial score (nSPS) is 19.9. The summed E-state index contributed by atoms with van der Waals surface area (Å²) in [5.74, 6) is 0. The first kappa shape index (κ1) is 18.8. The van der Waals surface area contributed by atoms with E-state index in [-0.39, 0.29) is 6.23 Å². The van der Waals surface area contributed by atoms with E-state index in [0.29, 0.717) is 0 Å². The zero-order chi connectivity index (χ0) is 20.6. The topological polar surface area (TPSA) is 52.4 Å². The van der Waals surface area contributed by atoms with Gasteiger partial charge >= 0.3 is 0 Å². The number of morpholine rings is 1. The molecule has 4 aromatic rings. The van der Waals surface area contributed by atoms with Gasteiger partial charge in [0.25, 0.3) is 0 Å². The van der Waals surface area contributed by atoms with Crippen LogP contribution in [0, 0.1) is 0 Å². The zero-order valence-corrected chi connectivity index (χ0v) is 17.5. The third kappa shape index (κ3) is 3.46. The fraction of sp³-hybridized carbons (Fsp3) is 0.360. The molecule has 0 bridgehead atoms. The van der Waals surface area contributed by atoms with Gasteiger partial charge in [-0.2, -0.15) is 5.10 Å². The lowest BCUT2D eigenvalue weighted by Crippen LogP contribution is -2.36. The molecule has 0 amide bonds. The summed E-state index contributed by atoms with van der Waals surface area (Å²) < 4.78 is 13.7. The number of aromatic nitrogens is 3. The van der Waals surface area contributed by atoms with Crippen molar-refractivity contribution in [2.24, 2.45) is 0 Å². The summed E-state index contributed by atoms with van der Waals surface area (Å²) in [6, 6.07) is 19.1. The Hall–Kier alpha value is -2.96. The largest absolute Gasteiger partial charge is 0.378 e. The van der Waals surface area contributed by atoms with Gasteiger partial charge in [0.2, 0.25) is 0 Å². The van der Waals surface area contributed by atoms with E-state index in [1.54, 1.807) is 0 Å². The van der Waals surface area contributed by atoms with Gasteiger partial charge in [0.05, 0.1) is 29.9 Å². The summed E-state index contributed by atoms with van der Waals surface area (Å²) >= 11 is 0. The average molecular weight is 415 g/mol. The lowest BCUT2D eigenvalue weighted by molar-refractivity contribution is -0.0365. The van der Waals surface area contributed by atoms with Crippen LogP contribution < -0.4 is 4.90 Å². The minimum absolute atomic E-state index is 0.0142. The number of hydrogen-bond donors (Lipinski definition) is 0. The molecule has 2 aliphatic rings. The molecule has 1 unspecified atom stereocenters. The van der Waals surface area contributed by atoms with Gasteiger partial charge in [-0.25, -0.2) is 9.67 Å². The summed E-state index contributed by atoms with van der Waals surface area (Å²) in [7, 11) is 0. The Kier molecular flexibility index (Phi) is 4.81. The van der Waals surface area contributed by atoms with Crippen molar-refractivity contribution in [3.63, 3.8) is 0 Å². The third-order valence-corrected chi connectivity index (χ3v) is 6.34. The molecule has 2 aromatic heterocycles. The standard InChI is InChI=1S/C25H26N4O2/c1-2-6-21-18(5-1)8-10-22(26-21)25-20-17-19(28-12-15-30-16-13-28)9-11-23(20)29(27-25)24-7-3-4-14-31-24/h1-2,5-6,8-11,17,24H,3-4,7,12-16H2. The highest BCUT2D eigenvalue weighted by Gasteiger charge is 2.23. The van der Waals surface area contributed by atoms with E-state index < -0.39 is 0 Å². The number of pyridine rings is 1. The molecule has 6 heteroatoms. The lowest BCUT2D eigenvalue weighted by Gasteiger charge is -2.29. The Bertz CT molecular complexity index is 1220. The molecular weight excluding hydrogens is 388 g/mol.